The van der Waals surface area contributed by atoms with E-state index in [0.29, 0.717) is 17.7 Å². The second-order valence-electron chi connectivity index (χ2n) is 7.29. The van der Waals surface area contributed by atoms with E-state index in [2.05, 4.69) is 22.1 Å². The molecule has 1 aliphatic carbocycles. The molecule has 0 bridgehead atoms. The highest BCUT2D eigenvalue weighted by Crippen LogP contribution is 2.39. The molecule has 2 atom stereocenters. The largest absolute Gasteiger partial charge is 0.497 e. The Morgan fingerprint density at radius 3 is 2.54 bits per heavy atom. The molecule has 26 heavy (non-hydrogen) atoms. The molecule has 6 heteroatoms. The van der Waals surface area contributed by atoms with Crippen LogP contribution in [0.25, 0.3) is 10.6 Å². The zero-order chi connectivity index (χ0) is 18.1. The molecule has 1 aromatic heterocycles. The van der Waals surface area contributed by atoms with Gasteiger partial charge in [-0.3, -0.25) is 9.69 Å². The van der Waals surface area contributed by atoms with E-state index in [0.717, 1.165) is 61.2 Å². The number of carbonyl (C=O) groups is 1. The van der Waals surface area contributed by atoms with Gasteiger partial charge in [-0.15, -0.1) is 11.3 Å². The summed E-state index contributed by atoms with van der Waals surface area (Å²) in [4.78, 5) is 21.6. The minimum absolute atomic E-state index is 0.298. The molecule has 2 unspecified atom stereocenters. The Morgan fingerprint density at radius 2 is 1.92 bits per heavy atom. The van der Waals surface area contributed by atoms with Gasteiger partial charge in [0.1, 0.15) is 10.8 Å². The second-order valence-corrected chi connectivity index (χ2v) is 8.15. The molecule has 0 radical (unpaired) electrons. The molecule has 1 saturated carbocycles. The van der Waals surface area contributed by atoms with Gasteiger partial charge in [-0.05, 0) is 36.6 Å². The van der Waals surface area contributed by atoms with Crippen LogP contribution in [-0.2, 0) is 11.3 Å². The SMILES string of the molecule is COc1ccc(-c2nc(CN3CCN(C(=O)C4CC4C)CC3)cs2)cc1. The first kappa shape index (κ1) is 17.5. The van der Waals surface area contributed by atoms with Crippen molar-refractivity contribution in [2.24, 2.45) is 11.8 Å². The van der Waals surface area contributed by atoms with Crippen LogP contribution in [0.4, 0.5) is 0 Å². The topological polar surface area (TPSA) is 45.7 Å². The first-order valence-electron chi connectivity index (χ1n) is 9.24. The molecule has 0 spiro atoms. The van der Waals surface area contributed by atoms with Gasteiger partial charge >= 0.3 is 0 Å². The quantitative estimate of drug-likeness (QED) is 0.810. The Morgan fingerprint density at radius 1 is 1.23 bits per heavy atom. The van der Waals surface area contributed by atoms with Gasteiger partial charge < -0.3 is 9.64 Å². The van der Waals surface area contributed by atoms with Gasteiger partial charge in [0.15, 0.2) is 0 Å². The van der Waals surface area contributed by atoms with Crippen molar-refractivity contribution < 1.29 is 9.53 Å². The first-order valence-corrected chi connectivity index (χ1v) is 10.1. The maximum Gasteiger partial charge on any atom is 0.226 e. The zero-order valence-electron chi connectivity index (χ0n) is 15.4. The van der Waals surface area contributed by atoms with Crippen molar-refractivity contribution in [2.75, 3.05) is 33.3 Å². The summed E-state index contributed by atoms with van der Waals surface area (Å²) in [6.45, 7) is 6.58. The third-order valence-corrected chi connectivity index (χ3v) is 6.33. The number of aromatic nitrogens is 1. The average Bonchev–Trinajstić information content (AvgIpc) is 3.23. The van der Waals surface area contributed by atoms with Crippen LogP contribution in [0.15, 0.2) is 29.6 Å². The minimum Gasteiger partial charge on any atom is -0.497 e. The van der Waals surface area contributed by atoms with Crippen LogP contribution in [0.2, 0.25) is 0 Å². The lowest BCUT2D eigenvalue weighted by atomic mass is 10.2. The third-order valence-electron chi connectivity index (χ3n) is 5.38. The number of hydrogen-bond acceptors (Lipinski definition) is 5. The van der Waals surface area contributed by atoms with Gasteiger partial charge in [0.25, 0.3) is 0 Å². The number of amides is 1. The molecule has 2 fully saturated rings. The van der Waals surface area contributed by atoms with Crippen LogP contribution in [0, 0.1) is 11.8 Å². The van der Waals surface area contributed by atoms with Gasteiger partial charge in [-0.2, -0.15) is 0 Å². The number of piperazine rings is 1. The van der Waals surface area contributed by atoms with E-state index in [4.69, 9.17) is 9.72 Å². The molecular formula is C20H25N3O2S. The van der Waals surface area contributed by atoms with Crippen LogP contribution in [0.3, 0.4) is 0 Å². The molecular weight excluding hydrogens is 346 g/mol. The number of thiazole rings is 1. The fraction of sp³-hybridized carbons (Fsp3) is 0.500. The van der Waals surface area contributed by atoms with Crippen molar-refractivity contribution >= 4 is 17.2 Å². The molecule has 2 aromatic rings. The lowest BCUT2D eigenvalue weighted by molar-refractivity contribution is -0.134. The van der Waals surface area contributed by atoms with E-state index in [1.54, 1.807) is 18.4 Å². The molecule has 4 rings (SSSR count). The highest BCUT2D eigenvalue weighted by molar-refractivity contribution is 7.13. The van der Waals surface area contributed by atoms with Crippen molar-refractivity contribution in [3.8, 4) is 16.3 Å². The highest BCUT2D eigenvalue weighted by Gasteiger charge is 2.41. The van der Waals surface area contributed by atoms with Gasteiger partial charge in [0.05, 0.1) is 12.8 Å². The molecule has 2 heterocycles. The lowest BCUT2D eigenvalue weighted by Gasteiger charge is -2.34. The summed E-state index contributed by atoms with van der Waals surface area (Å²) in [5.74, 6) is 2.12. The van der Waals surface area contributed by atoms with Crippen LogP contribution in [0.1, 0.15) is 19.0 Å². The van der Waals surface area contributed by atoms with Crippen LogP contribution in [0.5, 0.6) is 5.75 Å². The monoisotopic (exact) mass is 371 g/mol. The van der Waals surface area contributed by atoms with Crippen molar-refractivity contribution in [1.29, 1.82) is 0 Å². The summed E-state index contributed by atoms with van der Waals surface area (Å²) in [5.41, 5.74) is 2.23. The predicted molar refractivity (Wildman–Crippen MR) is 103 cm³/mol. The van der Waals surface area contributed by atoms with Gasteiger partial charge in [-0.1, -0.05) is 6.92 Å². The Balaban J connectivity index is 1.31. The number of nitrogens with zero attached hydrogens (tertiary/aromatic N) is 3. The first-order chi connectivity index (χ1) is 12.6. The van der Waals surface area contributed by atoms with Gasteiger partial charge in [-0.25, -0.2) is 4.98 Å². The summed E-state index contributed by atoms with van der Waals surface area (Å²) < 4.78 is 5.21. The summed E-state index contributed by atoms with van der Waals surface area (Å²) in [5, 5.41) is 3.18. The number of carbonyl (C=O) groups excluding carboxylic acids is 1. The fourth-order valence-electron chi connectivity index (χ4n) is 3.50. The van der Waals surface area contributed by atoms with E-state index in [-0.39, 0.29) is 0 Å². The predicted octanol–water partition coefficient (Wildman–Crippen LogP) is 3.12. The number of hydrogen-bond donors (Lipinski definition) is 0. The second kappa shape index (κ2) is 7.37. The van der Waals surface area contributed by atoms with Crippen LogP contribution < -0.4 is 4.74 Å². The van der Waals surface area contributed by atoms with E-state index in [9.17, 15) is 4.79 Å². The summed E-state index contributed by atoms with van der Waals surface area (Å²) in [6.07, 6.45) is 1.08. The minimum atomic E-state index is 0.298. The van der Waals surface area contributed by atoms with E-state index in [1.165, 1.54) is 0 Å². The molecule has 2 aliphatic rings. The highest BCUT2D eigenvalue weighted by atomic mass is 32.1. The summed E-state index contributed by atoms with van der Waals surface area (Å²) in [7, 11) is 1.68. The van der Waals surface area contributed by atoms with Crippen molar-refractivity contribution in [2.45, 2.75) is 19.9 Å². The van der Waals surface area contributed by atoms with Crippen LogP contribution >= 0.6 is 11.3 Å². The maximum atomic E-state index is 12.3. The Bertz CT molecular complexity index is 766. The van der Waals surface area contributed by atoms with Gasteiger partial charge in [0.2, 0.25) is 5.91 Å². The van der Waals surface area contributed by atoms with E-state index >= 15 is 0 Å². The summed E-state index contributed by atoms with van der Waals surface area (Å²) in [6, 6.07) is 8.02. The molecule has 1 aromatic carbocycles. The smallest absolute Gasteiger partial charge is 0.226 e. The standard InChI is InChI=1S/C20H25N3O2S/c1-14-11-18(14)20(24)23-9-7-22(8-10-23)12-16-13-26-19(21-16)15-3-5-17(25-2)6-4-15/h3-6,13-14,18H,7-12H2,1-2H3. The molecule has 1 amide bonds. The van der Waals surface area contributed by atoms with Crippen LogP contribution in [-0.4, -0.2) is 54.0 Å². The van der Waals surface area contributed by atoms with Crippen molar-refractivity contribution in [3.63, 3.8) is 0 Å². The third kappa shape index (κ3) is 3.76. The number of rotatable bonds is 5. The number of benzene rings is 1. The lowest BCUT2D eigenvalue weighted by Crippen LogP contribution is -2.48. The molecule has 138 valence electrons. The fourth-order valence-corrected chi connectivity index (χ4v) is 4.32. The van der Waals surface area contributed by atoms with E-state index in [1.807, 2.05) is 24.3 Å². The number of ether oxygens (including phenoxy) is 1. The van der Waals surface area contributed by atoms with E-state index < -0.39 is 0 Å². The summed E-state index contributed by atoms with van der Waals surface area (Å²) >= 11 is 1.68. The van der Waals surface area contributed by atoms with Gasteiger partial charge in [0, 0.05) is 49.6 Å². The zero-order valence-corrected chi connectivity index (χ0v) is 16.2. The Kier molecular flexibility index (Phi) is 4.96. The van der Waals surface area contributed by atoms with Crippen molar-refractivity contribution in [3.05, 3.63) is 35.3 Å². The Labute approximate surface area is 158 Å². The normalized spacial score (nSPS) is 23.1. The maximum absolute atomic E-state index is 12.3. The molecule has 1 aliphatic heterocycles. The molecule has 0 N–H and O–H groups in total. The van der Waals surface area contributed by atoms with Crippen molar-refractivity contribution in [1.82, 2.24) is 14.8 Å². The average molecular weight is 372 g/mol. The number of methoxy groups -OCH3 is 1. The molecule has 1 saturated heterocycles. The Hall–Kier alpha value is -1.92. The molecule has 5 nitrogen and oxygen atoms in total.